The van der Waals surface area contributed by atoms with Gasteiger partial charge in [0.2, 0.25) is 0 Å². The van der Waals surface area contributed by atoms with Crippen molar-refractivity contribution < 1.29 is 9.32 Å². The highest BCUT2D eigenvalue weighted by molar-refractivity contribution is 5.93. The van der Waals surface area contributed by atoms with Gasteiger partial charge in [-0.25, -0.2) is 0 Å². The summed E-state index contributed by atoms with van der Waals surface area (Å²) >= 11 is 0. The van der Waals surface area contributed by atoms with E-state index in [4.69, 9.17) is 0 Å². The van der Waals surface area contributed by atoms with Crippen LogP contribution in [0.4, 0.5) is 0 Å². The second kappa shape index (κ2) is 1.89. The van der Waals surface area contributed by atoms with E-state index in [9.17, 15) is 9.59 Å². The Morgan fingerprint density at radius 3 is 2.67 bits per heavy atom. The predicted molar refractivity (Wildman–Crippen MR) is 29.3 cm³/mol. The number of H-pyrrole nitrogens is 1. The number of carbonyl (C=O) groups is 1. The molecule has 0 saturated carbocycles. The molecule has 1 aromatic rings. The number of nitrogens with one attached hydrogen (secondary N) is 1. The van der Waals surface area contributed by atoms with Crippen molar-refractivity contribution in [3.05, 3.63) is 22.2 Å². The number of ketones is 1. The van der Waals surface area contributed by atoms with Crippen molar-refractivity contribution in [2.24, 2.45) is 0 Å². The zero-order valence-electron chi connectivity index (χ0n) is 4.80. The van der Waals surface area contributed by atoms with Crippen LogP contribution in [0.15, 0.2) is 15.6 Å². The second-order valence-electron chi connectivity index (χ2n) is 1.64. The molecule has 0 radical (unpaired) electrons. The molecule has 4 heteroatoms. The number of hydrogen-bond donors (Lipinski definition) is 1. The van der Waals surface area contributed by atoms with Gasteiger partial charge in [0.1, 0.15) is 11.8 Å². The Balaban J connectivity index is 3.24. The lowest BCUT2D eigenvalue weighted by atomic mass is 10.3. The quantitative estimate of drug-likeness (QED) is 0.547. The van der Waals surface area contributed by atoms with E-state index in [1.807, 2.05) is 5.16 Å². The standard InChI is InChI=1S/C5H5NO3/c1-3(7)4-2-9-6-5(4)8/h2H,1H3,(H,6,8). The first-order chi connectivity index (χ1) is 4.22. The molecule has 0 fully saturated rings. The van der Waals surface area contributed by atoms with Gasteiger partial charge in [-0.15, -0.1) is 0 Å². The van der Waals surface area contributed by atoms with E-state index in [0.29, 0.717) is 0 Å². The fourth-order valence-electron chi connectivity index (χ4n) is 0.493. The molecule has 0 bridgehead atoms. The average Bonchev–Trinajstić information content (AvgIpc) is 2.13. The van der Waals surface area contributed by atoms with E-state index in [1.54, 1.807) is 0 Å². The van der Waals surface area contributed by atoms with Crippen molar-refractivity contribution in [1.82, 2.24) is 5.16 Å². The van der Waals surface area contributed by atoms with Gasteiger partial charge in [0.05, 0.1) is 0 Å². The molecule has 0 aromatic carbocycles. The van der Waals surface area contributed by atoms with Crippen molar-refractivity contribution in [1.29, 1.82) is 0 Å². The molecule has 9 heavy (non-hydrogen) atoms. The molecule has 1 aromatic heterocycles. The van der Waals surface area contributed by atoms with Gasteiger partial charge in [-0.3, -0.25) is 9.59 Å². The van der Waals surface area contributed by atoms with Crippen LogP contribution in [0.1, 0.15) is 17.3 Å². The van der Waals surface area contributed by atoms with E-state index >= 15 is 0 Å². The largest absolute Gasteiger partial charge is 0.386 e. The highest BCUT2D eigenvalue weighted by Crippen LogP contribution is 1.88. The minimum Gasteiger partial charge on any atom is -0.386 e. The van der Waals surface area contributed by atoms with Gasteiger partial charge in [0, 0.05) is 0 Å². The van der Waals surface area contributed by atoms with Crippen LogP contribution >= 0.6 is 0 Å². The number of aromatic amines is 1. The van der Waals surface area contributed by atoms with Crippen LogP contribution in [0.25, 0.3) is 0 Å². The molecule has 0 aliphatic carbocycles. The molecular formula is C5H5NO3. The van der Waals surface area contributed by atoms with E-state index in [2.05, 4.69) is 4.52 Å². The summed E-state index contributed by atoms with van der Waals surface area (Å²) in [5.74, 6) is -0.287. The van der Waals surface area contributed by atoms with Gasteiger partial charge in [-0.05, 0) is 6.92 Å². The fourth-order valence-corrected chi connectivity index (χ4v) is 0.493. The molecule has 0 spiro atoms. The molecule has 0 atom stereocenters. The first-order valence-electron chi connectivity index (χ1n) is 2.39. The van der Waals surface area contributed by atoms with E-state index in [1.165, 1.54) is 6.92 Å². The van der Waals surface area contributed by atoms with Crippen molar-refractivity contribution in [3.8, 4) is 0 Å². The summed E-state index contributed by atoms with van der Waals surface area (Å²) in [4.78, 5) is 20.9. The lowest BCUT2D eigenvalue weighted by molar-refractivity contribution is 0.101. The normalized spacial score (nSPS) is 9.44. The molecule has 1 rings (SSSR count). The number of Topliss-reactive ketones (excluding diaryl/α,β-unsaturated/α-hetero) is 1. The molecule has 0 amide bonds. The third-order valence-corrected chi connectivity index (χ3v) is 0.952. The second-order valence-corrected chi connectivity index (χ2v) is 1.64. The average molecular weight is 127 g/mol. The summed E-state index contributed by atoms with van der Waals surface area (Å²) in [6.45, 7) is 1.31. The molecule has 0 unspecified atom stereocenters. The van der Waals surface area contributed by atoms with Gasteiger partial charge in [-0.2, -0.15) is 5.16 Å². The summed E-state index contributed by atoms with van der Waals surface area (Å²) < 4.78 is 4.35. The fraction of sp³-hybridized carbons (Fsp3) is 0.200. The number of hydrogen-bond acceptors (Lipinski definition) is 3. The lowest BCUT2D eigenvalue weighted by Gasteiger charge is -1.75. The smallest absolute Gasteiger partial charge is 0.290 e. The van der Waals surface area contributed by atoms with Crippen LogP contribution in [-0.4, -0.2) is 10.9 Å². The maximum Gasteiger partial charge on any atom is 0.290 e. The SMILES string of the molecule is CC(=O)c1co[nH]c1=O. The van der Waals surface area contributed by atoms with Crippen molar-refractivity contribution in [2.75, 3.05) is 0 Å². The zero-order chi connectivity index (χ0) is 6.85. The maximum absolute atomic E-state index is 10.5. The van der Waals surface area contributed by atoms with E-state index < -0.39 is 5.56 Å². The van der Waals surface area contributed by atoms with Gasteiger partial charge in [0.25, 0.3) is 5.56 Å². The third-order valence-electron chi connectivity index (χ3n) is 0.952. The molecule has 0 aliphatic rings. The van der Waals surface area contributed by atoms with Crippen molar-refractivity contribution >= 4 is 5.78 Å². The van der Waals surface area contributed by atoms with E-state index in [-0.39, 0.29) is 11.3 Å². The van der Waals surface area contributed by atoms with E-state index in [0.717, 1.165) is 6.26 Å². The highest BCUT2D eigenvalue weighted by atomic mass is 16.5. The van der Waals surface area contributed by atoms with Crippen LogP contribution in [0.2, 0.25) is 0 Å². The summed E-state index contributed by atoms with van der Waals surface area (Å²) in [5.41, 5.74) is -0.405. The van der Waals surface area contributed by atoms with Gasteiger partial charge >= 0.3 is 0 Å². The number of aromatic nitrogens is 1. The summed E-state index contributed by atoms with van der Waals surface area (Å²) in [6.07, 6.45) is 1.10. The minimum atomic E-state index is -0.470. The van der Waals surface area contributed by atoms with Crippen molar-refractivity contribution in [2.45, 2.75) is 6.92 Å². The highest BCUT2D eigenvalue weighted by Gasteiger charge is 2.05. The topological polar surface area (TPSA) is 63.1 Å². The monoisotopic (exact) mass is 127 g/mol. The predicted octanol–water partition coefficient (Wildman–Crippen LogP) is 0.171. The first kappa shape index (κ1) is 5.81. The Morgan fingerprint density at radius 2 is 2.44 bits per heavy atom. The molecular weight excluding hydrogens is 122 g/mol. The molecule has 48 valence electrons. The van der Waals surface area contributed by atoms with Gasteiger partial charge in [-0.1, -0.05) is 0 Å². The molecule has 0 saturated heterocycles. The Morgan fingerprint density at radius 1 is 1.78 bits per heavy atom. The number of carbonyl (C=O) groups excluding carboxylic acids is 1. The van der Waals surface area contributed by atoms with Gasteiger partial charge in [0.15, 0.2) is 5.78 Å². The summed E-state index contributed by atoms with van der Waals surface area (Å²) in [6, 6.07) is 0. The molecule has 1 heterocycles. The Kier molecular flexibility index (Phi) is 1.22. The summed E-state index contributed by atoms with van der Waals surface area (Å²) in [7, 11) is 0. The van der Waals surface area contributed by atoms with Crippen LogP contribution in [0, 0.1) is 0 Å². The molecule has 0 aliphatic heterocycles. The van der Waals surface area contributed by atoms with Crippen LogP contribution in [0.5, 0.6) is 0 Å². The van der Waals surface area contributed by atoms with Crippen LogP contribution in [0.3, 0.4) is 0 Å². The Labute approximate surface area is 50.4 Å². The number of rotatable bonds is 1. The van der Waals surface area contributed by atoms with Crippen molar-refractivity contribution in [3.63, 3.8) is 0 Å². The van der Waals surface area contributed by atoms with Crippen LogP contribution in [-0.2, 0) is 0 Å². The molecule has 1 N–H and O–H groups in total. The van der Waals surface area contributed by atoms with Gasteiger partial charge < -0.3 is 4.52 Å². The Hall–Kier alpha value is -1.32. The summed E-state index contributed by atoms with van der Waals surface area (Å²) in [5, 5.41) is 2.00. The Bertz CT molecular complexity index is 270. The first-order valence-corrected chi connectivity index (χ1v) is 2.39. The van der Waals surface area contributed by atoms with Crippen LogP contribution < -0.4 is 5.56 Å². The lowest BCUT2D eigenvalue weighted by Crippen LogP contribution is -2.08. The molecule has 4 nitrogen and oxygen atoms in total. The minimum absolute atomic E-state index is 0.0648. The maximum atomic E-state index is 10.5. The third kappa shape index (κ3) is 0.910. The zero-order valence-corrected chi connectivity index (χ0v) is 4.80.